The van der Waals surface area contributed by atoms with E-state index in [0.717, 1.165) is 6.07 Å². The molecule has 1 amide bonds. The number of non-ortho nitro benzene ring substituents is 1. The Balaban J connectivity index is 0.00000334. The van der Waals surface area contributed by atoms with E-state index < -0.39 is 26.8 Å². The molecule has 14 heteroatoms. The smallest absolute Gasteiger partial charge is 0.310 e. The van der Waals surface area contributed by atoms with E-state index >= 15 is 0 Å². The maximum absolute atomic E-state index is 12.8. The van der Waals surface area contributed by atoms with Crippen molar-refractivity contribution in [2.24, 2.45) is 5.14 Å². The van der Waals surface area contributed by atoms with E-state index in [1.54, 1.807) is 4.90 Å². The lowest BCUT2D eigenvalue weighted by atomic mass is 10.1. The lowest BCUT2D eigenvalue weighted by Gasteiger charge is -2.25. The van der Waals surface area contributed by atoms with Gasteiger partial charge in [0.2, 0.25) is 10.0 Å². The van der Waals surface area contributed by atoms with Crippen molar-refractivity contribution in [3.8, 4) is 0 Å². The molecular weight excluding hydrogens is 547 g/mol. The molecule has 11 nitrogen and oxygen atoms in total. The molecule has 3 N–H and O–H groups in total. The fraction of sp³-hybridized carbons (Fsp3) is 0.391. The molecular formula is C23H30Cl2N4O7S. The molecule has 0 saturated heterocycles. The quantitative estimate of drug-likeness (QED) is 0.121. The number of carbonyl (C=O) groups excluding carboxylic acids is 2. The van der Waals surface area contributed by atoms with Crippen LogP contribution in [0.4, 0.5) is 11.4 Å². The highest BCUT2D eigenvalue weighted by Gasteiger charge is 2.20. The monoisotopic (exact) mass is 576 g/mol. The third-order valence-corrected chi connectivity index (χ3v) is 6.00. The van der Waals surface area contributed by atoms with Crippen molar-refractivity contribution < 1.29 is 27.7 Å². The first-order valence-electron chi connectivity index (χ1n) is 11.3. The Labute approximate surface area is 226 Å². The van der Waals surface area contributed by atoms with Crippen LogP contribution in [-0.2, 0) is 26.0 Å². The summed E-state index contributed by atoms with van der Waals surface area (Å²) in [5, 5.41) is 18.8. The van der Waals surface area contributed by atoms with Gasteiger partial charge < -0.3 is 15.0 Å². The first-order chi connectivity index (χ1) is 17.6. The molecule has 2 aromatic carbocycles. The number of nitro groups is 1. The van der Waals surface area contributed by atoms with Gasteiger partial charge >= 0.3 is 5.97 Å². The van der Waals surface area contributed by atoms with Crippen LogP contribution in [0.2, 0.25) is 0 Å². The number of primary sulfonamides is 1. The Hall–Kier alpha value is -2.93. The lowest BCUT2D eigenvalue weighted by molar-refractivity contribution is -0.384. The molecule has 0 unspecified atom stereocenters. The number of hydrogen-bond donors (Lipinski definition) is 2. The maximum Gasteiger partial charge on any atom is 0.310 e. The summed E-state index contributed by atoms with van der Waals surface area (Å²) in [5.74, 6) is -0.660. The highest BCUT2D eigenvalue weighted by molar-refractivity contribution is 7.89. The number of amides is 1. The predicted octanol–water partition coefficient (Wildman–Crippen LogP) is 3.07. The molecule has 0 spiro atoms. The van der Waals surface area contributed by atoms with Crippen molar-refractivity contribution in [3.05, 3.63) is 63.7 Å². The number of ether oxygens (including phenoxy) is 1. The fourth-order valence-electron chi connectivity index (χ4n) is 3.09. The van der Waals surface area contributed by atoms with Crippen molar-refractivity contribution in [1.29, 1.82) is 0 Å². The van der Waals surface area contributed by atoms with Gasteiger partial charge in [0.1, 0.15) is 6.61 Å². The molecule has 0 aliphatic heterocycles. The second-order valence-corrected chi connectivity index (χ2v) is 9.48. The minimum atomic E-state index is -3.83. The Kier molecular flexibility index (Phi) is 13.9. The molecule has 0 radical (unpaired) electrons. The van der Waals surface area contributed by atoms with Crippen molar-refractivity contribution >= 4 is 56.5 Å². The molecule has 37 heavy (non-hydrogen) atoms. The minimum Gasteiger partial charge on any atom is -0.464 e. The van der Waals surface area contributed by atoms with E-state index in [2.05, 4.69) is 5.32 Å². The molecule has 0 fully saturated rings. The van der Waals surface area contributed by atoms with Gasteiger partial charge in [0, 0.05) is 37.0 Å². The third kappa shape index (κ3) is 10.5. The summed E-state index contributed by atoms with van der Waals surface area (Å²) in [6, 6.07) is 9.38. The van der Waals surface area contributed by atoms with Gasteiger partial charge in [-0.2, -0.15) is 0 Å². The molecule has 2 rings (SSSR count). The number of anilines is 1. The highest BCUT2D eigenvalue weighted by Crippen LogP contribution is 2.26. The summed E-state index contributed by atoms with van der Waals surface area (Å²) in [5.41, 5.74) is 0.770. The van der Waals surface area contributed by atoms with Crippen LogP contribution in [0.15, 0.2) is 47.4 Å². The Bertz CT molecular complexity index is 1160. The van der Waals surface area contributed by atoms with E-state index in [4.69, 9.17) is 33.1 Å². The number of halogens is 2. The SMILES string of the molecule is CC.NS(=O)(=O)c1ccc(CC(=O)OCCNC(=O)c2cc([N+](=O)[O-])ccc2N(CCCl)CCCl)cc1. The number of nitrogens with one attached hydrogen (secondary N) is 1. The number of hydrogen-bond acceptors (Lipinski definition) is 8. The lowest BCUT2D eigenvalue weighted by Crippen LogP contribution is -2.33. The topological polar surface area (TPSA) is 162 Å². The molecule has 0 aliphatic rings. The molecule has 0 bridgehead atoms. The summed E-state index contributed by atoms with van der Waals surface area (Å²) in [6.07, 6.45) is -0.111. The van der Waals surface area contributed by atoms with Crippen LogP contribution >= 0.6 is 23.2 Å². The summed E-state index contributed by atoms with van der Waals surface area (Å²) in [4.78, 5) is 37.1. The van der Waals surface area contributed by atoms with Gasteiger partial charge in [-0.25, -0.2) is 13.6 Å². The van der Waals surface area contributed by atoms with E-state index in [-0.39, 0.29) is 47.5 Å². The molecule has 0 heterocycles. The number of rotatable bonds is 13. The predicted molar refractivity (Wildman–Crippen MR) is 143 cm³/mol. The average Bonchev–Trinajstić information content (AvgIpc) is 2.87. The molecule has 2 aromatic rings. The zero-order chi connectivity index (χ0) is 28.0. The van der Waals surface area contributed by atoms with Crippen LogP contribution in [0.25, 0.3) is 0 Å². The number of esters is 1. The number of benzene rings is 2. The summed E-state index contributed by atoms with van der Waals surface area (Å²) < 4.78 is 27.7. The number of nitrogens with zero attached hydrogens (tertiary/aromatic N) is 2. The first kappa shape index (κ1) is 32.1. The van der Waals surface area contributed by atoms with Gasteiger partial charge in [-0.05, 0) is 23.8 Å². The molecule has 0 aromatic heterocycles. The van der Waals surface area contributed by atoms with Gasteiger partial charge in [-0.3, -0.25) is 19.7 Å². The number of sulfonamides is 1. The maximum atomic E-state index is 12.8. The van der Waals surface area contributed by atoms with Crippen LogP contribution in [0, 0.1) is 10.1 Å². The van der Waals surface area contributed by atoms with Crippen molar-refractivity contribution in [1.82, 2.24) is 5.32 Å². The van der Waals surface area contributed by atoms with Crippen molar-refractivity contribution in [3.63, 3.8) is 0 Å². The normalized spacial score (nSPS) is 10.6. The van der Waals surface area contributed by atoms with Crippen molar-refractivity contribution in [2.75, 3.05) is 42.9 Å². The van der Waals surface area contributed by atoms with Crippen molar-refractivity contribution in [2.45, 2.75) is 25.2 Å². The number of nitro benzene ring substituents is 1. The van der Waals surface area contributed by atoms with Crippen LogP contribution in [0.5, 0.6) is 0 Å². The fourth-order valence-corrected chi connectivity index (χ4v) is 4.01. The largest absolute Gasteiger partial charge is 0.464 e. The van der Waals surface area contributed by atoms with E-state index in [0.29, 0.717) is 24.3 Å². The molecule has 0 atom stereocenters. The van der Waals surface area contributed by atoms with E-state index in [1.165, 1.54) is 36.4 Å². The summed E-state index contributed by atoms with van der Waals surface area (Å²) in [6.45, 7) is 4.57. The number of nitrogens with two attached hydrogens (primary N) is 1. The van der Waals surface area contributed by atoms with Crippen LogP contribution < -0.4 is 15.4 Å². The number of carbonyl (C=O) groups is 2. The van der Waals surface area contributed by atoms with E-state index in [1.807, 2.05) is 13.8 Å². The van der Waals surface area contributed by atoms with Gasteiger partial charge in [-0.1, -0.05) is 26.0 Å². The van der Waals surface area contributed by atoms with Gasteiger partial charge in [0.05, 0.1) is 34.0 Å². The molecule has 0 saturated carbocycles. The molecule has 204 valence electrons. The number of alkyl halides is 2. The van der Waals surface area contributed by atoms with Gasteiger partial charge in [0.15, 0.2) is 0 Å². The van der Waals surface area contributed by atoms with Crippen LogP contribution in [0.1, 0.15) is 29.8 Å². The van der Waals surface area contributed by atoms with Crippen LogP contribution in [-0.4, -0.2) is 63.2 Å². The summed E-state index contributed by atoms with van der Waals surface area (Å²) in [7, 11) is -3.83. The second-order valence-electron chi connectivity index (χ2n) is 7.17. The second kappa shape index (κ2) is 16.0. The van der Waals surface area contributed by atoms with Crippen LogP contribution in [0.3, 0.4) is 0 Å². The Morgan fingerprint density at radius 2 is 1.68 bits per heavy atom. The zero-order valence-electron chi connectivity index (χ0n) is 20.5. The van der Waals surface area contributed by atoms with Gasteiger partial charge in [-0.15, -0.1) is 23.2 Å². The third-order valence-electron chi connectivity index (χ3n) is 4.74. The summed E-state index contributed by atoms with van der Waals surface area (Å²) >= 11 is 11.7. The first-order valence-corrected chi connectivity index (χ1v) is 13.9. The Morgan fingerprint density at radius 1 is 1.08 bits per heavy atom. The van der Waals surface area contributed by atoms with E-state index in [9.17, 15) is 28.1 Å². The molecule has 0 aliphatic carbocycles. The zero-order valence-corrected chi connectivity index (χ0v) is 22.8. The highest BCUT2D eigenvalue weighted by atomic mass is 35.5. The average molecular weight is 577 g/mol. The van der Waals surface area contributed by atoms with Gasteiger partial charge in [0.25, 0.3) is 11.6 Å². The minimum absolute atomic E-state index is 0.0396. The standard InChI is InChI=1S/C21H24Cl2N4O7S.C2H6/c22-7-10-26(11-8-23)19-6-3-16(27(30)31)14-18(19)21(29)25-9-12-34-20(28)13-15-1-4-17(5-2-15)35(24,32)33;1-2/h1-6,14H,7-13H2,(H,25,29)(H2,24,32,33);1-2H3. The Morgan fingerprint density at radius 3 is 2.19 bits per heavy atom.